The van der Waals surface area contributed by atoms with E-state index in [1.807, 2.05) is 30.3 Å². The molecule has 0 saturated carbocycles. The van der Waals surface area contributed by atoms with Crippen LogP contribution in [-0.4, -0.2) is 36.9 Å². The van der Waals surface area contributed by atoms with E-state index in [-0.39, 0.29) is 16.9 Å². The first-order valence-electron chi connectivity index (χ1n) is 10.0. The van der Waals surface area contributed by atoms with Gasteiger partial charge in [0.1, 0.15) is 6.34 Å². The molecule has 0 bridgehead atoms. The predicted octanol–water partition coefficient (Wildman–Crippen LogP) is 5.09. The molecule has 1 heterocycles. The van der Waals surface area contributed by atoms with Crippen LogP contribution >= 0.6 is 11.6 Å². The van der Waals surface area contributed by atoms with Crippen LogP contribution in [0, 0.1) is 0 Å². The van der Waals surface area contributed by atoms with E-state index < -0.39 is 0 Å². The molecule has 3 aromatic rings. The summed E-state index contributed by atoms with van der Waals surface area (Å²) in [4.78, 5) is 22.7. The lowest BCUT2D eigenvalue weighted by atomic mass is 9.95. The number of rotatable bonds is 7. The number of aromatic nitrogens is 1. The third-order valence-electron chi connectivity index (χ3n) is 4.50. The summed E-state index contributed by atoms with van der Waals surface area (Å²) in [5.41, 5.74) is 7.32. The van der Waals surface area contributed by atoms with Crippen LogP contribution in [0.25, 0.3) is 27.8 Å². The maximum Gasteiger partial charge on any atom is 0.260 e. The third kappa shape index (κ3) is 6.70. The molecule has 3 rings (SSSR count). The Bertz CT molecular complexity index is 1090. The zero-order valence-electron chi connectivity index (χ0n) is 18.2. The van der Waals surface area contributed by atoms with Gasteiger partial charge in [0.15, 0.2) is 5.76 Å². The van der Waals surface area contributed by atoms with Crippen LogP contribution in [0.3, 0.4) is 0 Å². The standard InChI is InChI=1S/C18H14ClN3O2.C6H15N/c1-11(24-21-10-20)16-17(12-5-3-2-4-6-12)14-9-13(19)7-8-15(14)22-18(16)23;1-4-5-6-7(2)3/h2-10H,1H2,(H2,20,21)(H,22,23);4-6H2,1-3H3. The number of nitrogens with zero attached hydrogens (tertiary/aromatic N) is 2. The zero-order chi connectivity index (χ0) is 22.8. The molecule has 0 spiro atoms. The number of nitrogens with two attached hydrogens (primary N) is 1. The minimum Gasteiger partial charge on any atom is -0.387 e. The van der Waals surface area contributed by atoms with Gasteiger partial charge in [-0.15, -0.1) is 0 Å². The highest BCUT2D eigenvalue weighted by Gasteiger charge is 2.18. The summed E-state index contributed by atoms with van der Waals surface area (Å²) in [6.07, 6.45) is 3.62. The highest BCUT2D eigenvalue weighted by Crippen LogP contribution is 2.33. The van der Waals surface area contributed by atoms with Crippen molar-refractivity contribution in [3.63, 3.8) is 0 Å². The molecule has 6 nitrogen and oxygen atoms in total. The number of unbranched alkanes of at least 4 members (excludes halogenated alkanes) is 1. The van der Waals surface area contributed by atoms with Crippen LogP contribution in [0.2, 0.25) is 5.02 Å². The second-order valence-electron chi connectivity index (χ2n) is 7.19. The molecule has 0 unspecified atom stereocenters. The predicted molar refractivity (Wildman–Crippen MR) is 131 cm³/mol. The van der Waals surface area contributed by atoms with Crippen molar-refractivity contribution in [3.8, 4) is 11.1 Å². The molecular weight excluding hydrogens is 412 g/mol. The van der Waals surface area contributed by atoms with Gasteiger partial charge in [0, 0.05) is 21.5 Å². The van der Waals surface area contributed by atoms with E-state index in [4.69, 9.17) is 22.2 Å². The van der Waals surface area contributed by atoms with Crippen molar-refractivity contribution in [2.75, 3.05) is 20.6 Å². The van der Waals surface area contributed by atoms with Crippen molar-refractivity contribution in [2.24, 2.45) is 10.9 Å². The topological polar surface area (TPSA) is 83.7 Å². The number of halogens is 1. The number of aromatic amines is 1. The Balaban J connectivity index is 0.000000423. The van der Waals surface area contributed by atoms with E-state index in [0.717, 1.165) is 17.3 Å². The molecule has 0 radical (unpaired) electrons. The van der Waals surface area contributed by atoms with E-state index in [1.54, 1.807) is 18.2 Å². The normalized spacial score (nSPS) is 10.9. The first-order valence-corrected chi connectivity index (χ1v) is 10.4. The number of benzene rings is 2. The Morgan fingerprint density at radius 1 is 1.26 bits per heavy atom. The van der Waals surface area contributed by atoms with Crippen LogP contribution in [0.15, 0.2) is 65.1 Å². The quantitative estimate of drug-likeness (QED) is 0.232. The lowest BCUT2D eigenvalue weighted by molar-refractivity contribution is 0.300. The van der Waals surface area contributed by atoms with E-state index in [9.17, 15) is 4.79 Å². The molecule has 0 aliphatic rings. The number of hydrogen-bond acceptors (Lipinski definition) is 4. The smallest absolute Gasteiger partial charge is 0.260 e. The second kappa shape index (κ2) is 11.9. The average Bonchev–Trinajstić information content (AvgIpc) is 2.76. The molecule has 2 aromatic carbocycles. The summed E-state index contributed by atoms with van der Waals surface area (Å²) in [6.45, 7) is 7.24. The van der Waals surface area contributed by atoms with Gasteiger partial charge < -0.3 is 20.5 Å². The first-order chi connectivity index (χ1) is 14.9. The molecular formula is C24H29ClN4O2. The van der Waals surface area contributed by atoms with Crippen molar-refractivity contribution in [2.45, 2.75) is 19.8 Å². The second-order valence-corrected chi connectivity index (χ2v) is 7.62. The van der Waals surface area contributed by atoms with Crippen LogP contribution in [0.5, 0.6) is 0 Å². The highest BCUT2D eigenvalue weighted by molar-refractivity contribution is 6.31. The Morgan fingerprint density at radius 3 is 2.55 bits per heavy atom. The van der Waals surface area contributed by atoms with Gasteiger partial charge in [-0.25, -0.2) is 0 Å². The van der Waals surface area contributed by atoms with Crippen LogP contribution in [-0.2, 0) is 4.84 Å². The fraction of sp³-hybridized carbons (Fsp3) is 0.250. The van der Waals surface area contributed by atoms with Gasteiger partial charge in [0.25, 0.3) is 5.56 Å². The molecule has 164 valence electrons. The Kier molecular flexibility index (Phi) is 9.31. The van der Waals surface area contributed by atoms with Gasteiger partial charge in [-0.1, -0.05) is 67.0 Å². The van der Waals surface area contributed by atoms with Gasteiger partial charge in [-0.3, -0.25) is 4.79 Å². The van der Waals surface area contributed by atoms with Crippen LogP contribution < -0.4 is 11.3 Å². The first kappa shape index (κ1) is 24.2. The molecule has 0 aliphatic heterocycles. The maximum atomic E-state index is 12.6. The Labute approximate surface area is 188 Å². The van der Waals surface area contributed by atoms with Gasteiger partial charge in [0.05, 0.1) is 5.56 Å². The van der Waals surface area contributed by atoms with Crippen molar-refractivity contribution in [1.29, 1.82) is 0 Å². The molecule has 3 N–H and O–H groups in total. The molecule has 0 atom stereocenters. The minimum atomic E-state index is -0.333. The van der Waals surface area contributed by atoms with E-state index in [1.165, 1.54) is 19.4 Å². The summed E-state index contributed by atoms with van der Waals surface area (Å²) in [7, 11) is 4.21. The highest BCUT2D eigenvalue weighted by atomic mass is 35.5. The maximum absolute atomic E-state index is 12.6. The number of hydrogen-bond donors (Lipinski definition) is 2. The summed E-state index contributed by atoms with van der Waals surface area (Å²) >= 11 is 6.15. The summed E-state index contributed by atoms with van der Waals surface area (Å²) in [5.74, 6) is 0.0960. The number of H-pyrrole nitrogens is 1. The number of pyridine rings is 1. The van der Waals surface area contributed by atoms with Gasteiger partial charge in [-0.05, 0) is 50.8 Å². The third-order valence-corrected chi connectivity index (χ3v) is 4.74. The Morgan fingerprint density at radius 2 is 1.97 bits per heavy atom. The van der Waals surface area contributed by atoms with Gasteiger partial charge in [0.2, 0.25) is 0 Å². The van der Waals surface area contributed by atoms with Crippen molar-refractivity contribution in [3.05, 3.63) is 76.0 Å². The van der Waals surface area contributed by atoms with Crippen LogP contribution in [0.4, 0.5) is 0 Å². The van der Waals surface area contributed by atoms with E-state index in [2.05, 4.69) is 42.6 Å². The lowest BCUT2D eigenvalue weighted by Gasteiger charge is -2.13. The van der Waals surface area contributed by atoms with Gasteiger partial charge in [-0.2, -0.15) is 0 Å². The number of fused-ring (bicyclic) bond motifs is 1. The molecule has 0 aliphatic carbocycles. The summed E-state index contributed by atoms with van der Waals surface area (Å²) in [6, 6.07) is 14.7. The molecule has 31 heavy (non-hydrogen) atoms. The minimum absolute atomic E-state index is 0.0960. The monoisotopic (exact) mass is 440 g/mol. The molecule has 1 aromatic heterocycles. The number of nitrogens with one attached hydrogen (secondary N) is 1. The van der Waals surface area contributed by atoms with Crippen molar-refractivity contribution < 1.29 is 4.84 Å². The summed E-state index contributed by atoms with van der Waals surface area (Å²) in [5, 5.41) is 4.84. The molecule has 0 amide bonds. The van der Waals surface area contributed by atoms with Crippen LogP contribution in [0.1, 0.15) is 25.3 Å². The number of oxime groups is 1. The zero-order valence-corrected chi connectivity index (χ0v) is 18.9. The summed E-state index contributed by atoms with van der Waals surface area (Å²) < 4.78 is 0. The largest absolute Gasteiger partial charge is 0.387 e. The lowest BCUT2D eigenvalue weighted by Crippen LogP contribution is -2.14. The molecule has 7 heteroatoms. The Hall–Kier alpha value is -3.09. The molecule has 0 fully saturated rings. The fourth-order valence-electron chi connectivity index (χ4n) is 3.05. The van der Waals surface area contributed by atoms with E-state index in [0.29, 0.717) is 16.1 Å². The van der Waals surface area contributed by atoms with E-state index >= 15 is 0 Å². The average molecular weight is 441 g/mol. The fourth-order valence-corrected chi connectivity index (χ4v) is 3.22. The molecule has 0 saturated heterocycles. The SMILES string of the molecule is C=C(O/N=C/N)c1c(-c2ccccc2)c2cc(Cl)ccc2[nH]c1=O.CCCCN(C)C. The van der Waals surface area contributed by atoms with Crippen molar-refractivity contribution >= 4 is 34.6 Å². The van der Waals surface area contributed by atoms with Gasteiger partial charge >= 0.3 is 0 Å². The van der Waals surface area contributed by atoms with Crippen molar-refractivity contribution in [1.82, 2.24) is 9.88 Å².